The summed E-state index contributed by atoms with van der Waals surface area (Å²) >= 11 is 0. The summed E-state index contributed by atoms with van der Waals surface area (Å²) in [5.74, 6) is -0.764. The van der Waals surface area contributed by atoms with Gasteiger partial charge in [-0.1, -0.05) is 42.5 Å². The number of hydrogen-bond donors (Lipinski definition) is 1. The molecule has 0 saturated heterocycles. The lowest BCUT2D eigenvalue weighted by atomic mass is 10.0. The minimum absolute atomic E-state index is 0.0320. The summed E-state index contributed by atoms with van der Waals surface area (Å²) in [5.41, 5.74) is 6.72. The van der Waals surface area contributed by atoms with Gasteiger partial charge in [0.1, 0.15) is 0 Å². The lowest BCUT2D eigenvalue weighted by molar-refractivity contribution is -0.132. The van der Waals surface area contributed by atoms with Crippen LogP contribution in [0.15, 0.2) is 59.6 Å². The highest BCUT2D eigenvalue weighted by Crippen LogP contribution is 2.26. The summed E-state index contributed by atoms with van der Waals surface area (Å²) in [7, 11) is 1.53. The predicted octanol–water partition coefficient (Wildman–Crippen LogP) is 2.40. The molecule has 6 nitrogen and oxygen atoms in total. The second-order valence-corrected chi connectivity index (χ2v) is 6.11. The van der Waals surface area contributed by atoms with Gasteiger partial charge in [0.2, 0.25) is 17.6 Å². The third-order valence-corrected chi connectivity index (χ3v) is 4.07. The van der Waals surface area contributed by atoms with E-state index in [-0.39, 0.29) is 18.3 Å². The molecule has 1 atom stereocenters. The monoisotopic (exact) mass is 337 g/mol. The molecule has 0 spiro atoms. The molecule has 3 rings (SSSR count). The molecule has 1 unspecified atom stereocenters. The van der Waals surface area contributed by atoms with E-state index in [1.807, 2.05) is 36.4 Å². The normalized spacial score (nSPS) is 20.2. The van der Waals surface area contributed by atoms with Crippen molar-refractivity contribution in [2.24, 2.45) is 10.7 Å². The van der Waals surface area contributed by atoms with E-state index < -0.39 is 11.7 Å². The van der Waals surface area contributed by atoms with Crippen LogP contribution in [0.25, 0.3) is 11.1 Å². The molecule has 2 aromatic rings. The Morgan fingerprint density at radius 3 is 2.52 bits per heavy atom. The van der Waals surface area contributed by atoms with Crippen LogP contribution in [-0.4, -0.2) is 35.5 Å². The Labute approximate surface area is 145 Å². The van der Waals surface area contributed by atoms with Crippen LogP contribution in [0.5, 0.6) is 0 Å². The maximum absolute atomic E-state index is 12.5. The maximum atomic E-state index is 12.5. The highest BCUT2D eigenvalue weighted by Gasteiger charge is 2.38. The largest absolute Gasteiger partial charge is 0.433 e. The number of ether oxygens (including phenoxy) is 1. The average Bonchev–Trinajstić information content (AvgIpc) is 2.60. The van der Waals surface area contributed by atoms with Gasteiger partial charge in [0.25, 0.3) is 0 Å². The zero-order valence-electron chi connectivity index (χ0n) is 14.1. The average molecular weight is 337 g/mol. The van der Waals surface area contributed by atoms with Gasteiger partial charge in [0, 0.05) is 7.05 Å². The zero-order chi connectivity index (χ0) is 18.0. The van der Waals surface area contributed by atoms with Crippen molar-refractivity contribution < 1.29 is 14.3 Å². The number of carbonyl (C=O) groups is 2. The van der Waals surface area contributed by atoms with Gasteiger partial charge in [-0.15, -0.1) is 0 Å². The Kier molecular flexibility index (Phi) is 4.27. The molecule has 2 N–H and O–H groups in total. The van der Waals surface area contributed by atoms with Gasteiger partial charge in [-0.05, 0) is 30.2 Å². The van der Waals surface area contributed by atoms with E-state index >= 15 is 0 Å². The summed E-state index contributed by atoms with van der Waals surface area (Å²) in [6.07, 6.45) is -0.0473. The molecule has 2 aromatic carbocycles. The summed E-state index contributed by atoms with van der Waals surface area (Å²) in [5, 5.41) is 0. The van der Waals surface area contributed by atoms with Gasteiger partial charge in [-0.25, -0.2) is 9.79 Å². The molecule has 0 radical (unpaired) electrons. The summed E-state index contributed by atoms with van der Waals surface area (Å²) in [6.45, 7) is 1.57. The number of nitrogens with two attached hydrogens (primary N) is 1. The summed E-state index contributed by atoms with van der Waals surface area (Å²) in [4.78, 5) is 29.9. The van der Waals surface area contributed by atoms with Crippen LogP contribution in [0.3, 0.4) is 0 Å². The van der Waals surface area contributed by atoms with Crippen molar-refractivity contribution in [1.82, 2.24) is 4.90 Å². The van der Waals surface area contributed by atoms with Crippen molar-refractivity contribution in [3.05, 3.63) is 60.2 Å². The van der Waals surface area contributed by atoms with E-state index in [1.165, 1.54) is 11.9 Å². The first-order valence-corrected chi connectivity index (χ1v) is 7.89. The SMILES string of the molecule is CN1C(=O)CC(C)(OC(=O)c2cccc(-c3ccccc3)c2)N=C1N. The molecule has 6 heteroatoms. The van der Waals surface area contributed by atoms with Crippen molar-refractivity contribution in [1.29, 1.82) is 0 Å². The fourth-order valence-electron chi connectivity index (χ4n) is 2.66. The molecule has 0 saturated carbocycles. The number of hydrogen-bond acceptors (Lipinski definition) is 5. The minimum atomic E-state index is -1.30. The standard InChI is InChI=1S/C19H19N3O3/c1-19(12-16(23)22(2)18(20)21-19)25-17(24)15-10-6-9-14(11-15)13-7-4-3-5-8-13/h3-11H,12H2,1-2H3,(H2,20,21). The quantitative estimate of drug-likeness (QED) is 0.872. The smallest absolute Gasteiger partial charge is 0.340 e. The molecule has 0 bridgehead atoms. The number of rotatable bonds is 3. The number of nitrogens with zero attached hydrogens (tertiary/aromatic N) is 2. The first kappa shape index (κ1) is 16.7. The van der Waals surface area contributed by atoms with Gasteiger partial charge in [-0.2, -0.15) is 0 Å². The summed E-state index contributed by atoms with van der Waals surface area (Å²) in [6, 6.07) is 16.9. The van der Waals surface area contributed by atoms with Gasteiger partial charge >= 0.3 is 5.97 Å². The fraction of sp³-hybridized carbons (Fsp3) is 0.211. The Morgan fingerprint density at radius 1 is 1.16 bits per heavy atom. The van der Waals surface area contributed by atoms with E-state index in [1.54, 1.807) is 25.1 Å². The molecule has 0 aliphatic carbocycles. The molecule has 0 aromatic heterocycles. The van der Waals surface area contributed by atoms with E-state index in [9.17, 15) is 9.59 Å². The molecule has 1 aliphatic rings. The molecule has 128 valence electrons. The van der Waals surface area contributed by atoms with Crippen LogP contribution in [0.4, 0.5) is 0 Å². The molecule has 0 fully saturated rings. The highest BCUT2D eigenvalue weighted by atomic mass is 16.6. The molecule has 1 heterocycles. The lowest BCUT2D eigenvalue weighted by Gasteiger charge is -2.32. The molecular formula is C19H19N3O3. The van der Waals surface area contributed by atoms with Crippen LogP contribution in [0.1, 0.15) is 23.7 Å². The minimum Gasteiger partial charge on any atom is -0.433 e. The van der Waals surface area contributed by atoms with Gasteiger partial charge in [0.05, 0.1) is 12.0 Å². The van der Waals surface area contributed by atoms with Crippen LogP contribution in [-0.2, 0) is 9.53 Å². The fourth-order valence-corrected chi connectivity index (χ4v) is 2.66. The molecule has 1 aliphatic heterocycles. The number of amides is 1. The second kappa shape index (κ2) is 6.39. The summed E-state index contributed by atoms with van der Waals surface area (Å²) < 4.78 is 5.49. The maximum Gasteiger partial charge on any atom is 0.340 e. The Bertz CT molecular complexity index is 848. The topological polar surface area (TPSA) is 85.0 Å². The molecule has 25 heavy (non-hydrogen) atoms. The van der Waals surface area contributed by atoms with E-state index in [4.69, 9.17) is 10.5 Å². The number of guanidine groups is 1. The second-order valence-electron chi connectivity index (χ2n) is 6.11. The zero-order valence-corrected chi connectivity index (χ0v) is 14.1. The van der Waals surface area contributed by atoms with E-state index in [2.05, 4.69) is 4.99 Å². The van der Waals surface area contributed by atoms with Gasteiger partial charge in [0.15, 0.2) is 0 Å². The van der Waals surface area contributed by atoms with Gasteiger partial charge in [-0.3, -0.25) is 9.69 Å². The van der Waals surface area contributed by atoms with E-state index in [0.29, 0.717) is 5.56 Å². The van der Waals surface area contributed by atoms with Crippen molar-refractivity contribution in [3.63, 3.8) is 0 Å². The third kappa shape index (κ3) is 3.52. The Morgan fingerprint density at radius 2 is 1.84 bits per heavy atom. The molecular weight excluding hydrogens is 318 g/mol. The highest BCUT2D eigenvalue weighted by molar-refractivity contribution is 5.99. The van der Waals surface area contributed by atoms with Gasteiger partial charge < -0.3 is 10.5 Å². The van der Waals surface area contributed by atoms with Crippen molar-refractivity contribution in [3.8, 4) is 11.1 Å². The van der Waals surface area contributed by atoms with Crippen molar-refractivity contribution in [2.75, 3.05) is 7.05 Å². The van der Waals surface area contributed by atoms with Crippen LogP contribution in [0.2, 0.25) is 0 Å². The number of esters is 1. The van der Waals surface area contributed by atoms with Crippen LogP contribution < -0.4 is 5.73 Å². The lowest BCUT2D eigenvalue weighted by Crippen LogP contribution is -2.50. The number of benzene rings is 2. The Balaban J connectivity index is 1.84. The number of aliphatic imine (C=N–C) groups is 1. The van der Waals surface area contributed by atoms with Crippen molar-refractivity contribution in [2.45, 2.75) is 19.1 Å². The Hall–Kier alpha value is -3.15. The van der Waals surface area contributed by atoms with Crippen LogP contribution in [0, 0.1) is 0 Å². The first-order chi connectivity index (χ1) is 11.9. The number of carbonyl (C=O) groups excluding carboxylic acids is 2. The van der Waals surface area contributed by atoms with Crippen LogP contribution >= 0.6 is 0 Å². The third-order valence-electron chi connectivity index (χ3n) is 4.07. The first-order valence-electron chi connectivity index (χ1n) is 7.89. The van der Waals surface area contributed by atoms with Crippen molar-refractivity contribution >= 4 is 17.8 Å². The molecule has 1 amide bonds. The predicted molar refractivity (Wildman–Crippen MR) is 94.7 cm³/mol. The van der Waals surface area contributed by atoms with E-state index in [0.717, 1.165) is 11.1 Å².